The number of H-pyrrole nitrogens is 1. The van der Waals surface area contributed by atoms with Crippen LogP contribution in [0.2, 0.25) is 10.0 Å². The van der Waals surface area contributed by atoms with Crippen LogP contribution in [0.1, 0.15) is 31.4 Å². The number of nitrogens with zero attached hydrogens (tertiary/aromatic N) is 3. The lowest BCUT2D eigenvalue weighted by atomic mass is 9.45. The van der Waals surface area contributed by atoms with Gasteiger partial charge in [-0.05, 0) is 24.3 Å². The van der Waals surface area contributed by atoms with E-state index in [4.69, 9.17) is 34.5 Å². The van der Waals surface area contributed by atoms with Crippen LogP contribution in [-0.4, -0.2) is 39.4 Å². The number of nitrogens with one attached hydrogen (secondary N) is 2. The number of hydrogen-bond donors (Lipinski definition) is 3. The Balaban J connectivity index is 1.43. The fourth-order valence-corrected chi connectivity index (χ4v) is 6.75. The van der Waals surface area contributed by atoms with Gasteiger partial charge in [0.05, 0.1) is 21.3 Å². The van der Waals surface area contributed by atoms with Crippen LogP contribution < -0.4 is 20.7 Å². The second-order valence-electron chi connectivity index (χ2n) is 9.08. The molecular formula is C22H15Cl2F2N5O6S. The van der Waals surface area contributed by atoms with Crippen LogP contribution in [-0.2, 0) is 10.0 Å². The van der Waals surface area contributed by atoms with Crippen molar-refractivity contribution in [2.24, 2.45) is 0 Å². The topological polar surface area (TPSA) is 148 Å². The zero-order chi connectivity index (χ0) is 27.6. The first-order valence-electron chi connectivity index (χ1n) is 10.7. The van der Waals surface area contributed by atoms with Crippen molar-refractivity contribution in [3.05, 3.63) is 78.3 Å². The van der Waals surface area contributed by atoms with Crippen molar-refractivity contribution in [3.63, 3.8) is 0 Å². The zero-order valence-electron chi connectivity index (χ0n) is 18.8. The number of alkyl halides is 2. The molecule has 0 atom stereocenters. The van der Waals surface area contributed by atoms with Gasteiger partial charge in [-0.15, -0.1) is 0 Å². The molecular weight excluding hydrogens is 571 g/mol. The first kappa shape index (κ1) is 26.1. The van der Waals surface area contributed by atoms with Crippen molar-refractivity contribution in [1.82, 2.24) is 19.5 Å². The van der Waals surface area contributed by atoms with Crippen molar-refractivity contribution in [1.29, 1.82) is 0 Å². The molecule has 2 aromatic carbocycles. The fourth-order valence-electron chi connectivity index (χ4n) is 4.69. The molecule has 6 rings (SSSR count). The van der Waals surface area contributed by atoms with Crippen LogP contribution in [0.25, 0.3) is 10.5 Å². The van der Waals surface area contributed by atoms with E-state index in [1.807, 2.05) is 0 Å². The van der Waals surface area contributed by atoms with Gasteiger partial charge in [0.15, 0.2) is 11.4 Å². The van der Waals surface area contributed by atoms with Gasteiger partial charge in [0.2, 0.25) is 15.6 Å². The van der Waals surface area contributed by atoms with E-state index >= 15 is 0 Å². The van der Waals surface area contributed by atoms with E-state index in [-0.39, 0.29) is 27.2 Å². The van der Waals surface area contributed by atoms with Crippen LogP contribution in [0.4, 0.5) is 8.78 Å². The molecule has 38 heavy (non-hydrogen) atoms. The minimum absolute atomic E-state index is 0.0748. The SMILES string of the molecule is [C-]#[N+]C12CC(NS(=O)(=O)c3cc(Oc4c(Cl)cc(-n5nc(C(F)F)c(=O)[nH]c5=O)cc4Cl)ccc3O)(C1)C2. The van der Waals surface area contributed by atoms with E-state index in [0.29, 0.717) is 23.9 Å². The number of phenols is 1. The Kier molecular flexibility index (Phi) is 6.03. The fraction of sp³-hybridized carbons (Fsp3) is 0.273. The molecule has 0 aliphatic heterocycles. The molecule has 3 saturated carbocycles. The Labute approximate surface area is 222 Å². The summed E-state index contributed by atoms with van der Waals surface area (Å²) in [7, 11) is -4.19. The quantitative estimate of drug-likeness (QED) is 0.359. The number of phenolic OH excluding ortho intramolecular Hbond substituents is 1. The zero-order valence-corrected chi connectivity index (χ0v) is 21.2. The van der Waals surface area contributed by atoms with Gasteiger partial charge in [0.1, 0.15) is 16.4 Å². The van der Waals surface area contributed by atoms with Crippen molar-refractivity contribution in [2.45, 2.75) is 41.7 Å². The number of benzene rings is 2. The summed E-state index contributed by atoms with van der Waals surface area (Å²) in [5.74, 6) is -0.791. The Morgan fingerprint density at radius 2 is 1.82 bits per heavy atom. The lowest BCUT2D eigenvalue weighted by molar-refractivity contribution is -0.0328. The third-order valence-corrected chi connectivity index (χ3v) is 8.49. The molecule has 1 heterocycles. The monoisotopic (exact) mass is 585 g/mol. The Morgan fingerprint density at radius 1 is 1.18 bits per heavy atom. The lowest BCUT2D eigenvalue weighted by Gasteiger charge is -2.61. The van der Waals surface area contributed by atoms with Crippen LogP contribution in [0.3, 0.4) is 0 Å². The summed E-state index contributed by atoms with van der Waals surface area (Å²) in [6.07, 6.45) is -2.08. The summed E-state index contributed by atoms with van der Waals surface area (Å²) in [6, 6.07) is 5.63. The number of ether oxygens (including phenoxy) is 1. The molecule has 16 heteroatoms. The maximum atomic E-state index is 13.1. The van der Waals surface area contributed by atoms with Gasteiger partial charge in [0.25, 0.3) is 12.0 Å². The number of sulfonamides is 1. The smallest absolute Gasteiger partial charge is 0.349 e. The molecule has 2 bridgehead atoms. The second kappa shape index (κ2) is 8.77. The Morgan fingerprint density at radius 3 is 2.39 bits per heavy atom. The molecule has 0 amide bonds. The van der Waals surface area contributed by atoms with Crippen LogP contribution in [0.5, 0.6) is 17.2 Å². The third-order valence-electron chi connectivity index (χ3n) is 6.32. The van der Waals surface area contributed by atoms with Gasteiger partial charge in [-0.25, -0.2) is 33.3 Å². The summed E-state index contributed by atoms with van der Waals surface area (Å²) in [6.45, 7) is 7.19. The maximum Gasteiger partial charge on any atom is 0.349 e. The highest BCUT2D eigenvalue weighted by Crippen LogP contribution is 2.63. The van der Waals surface area contributed by atoms with Crippen LogP contribution in [0, 0.1) is 6.57 Å². The van der Waals surface area contributed by atoms with Crippen LogP contribution in [0.15, 0.2) is 44.8 Å². The minimum atomic E-state index is -4.19. The number of hydrogen-bond acceptors (Lipinski definition) is 7. The van der Waals surface area contributed by atoms with E-state index in [9.17, 15) is 31.9 Å². The van der Waals surface area contributed by atoms with Gasteiger partial charge in [0, 0.05) is 25.3 Å². The molecule has 1 aromatic heterocycles. The first-order valence-corrected chi connectivity index (χ1v) is 13.0. The molecule has 3 aliphatic rings. The molecule has 0 radical (unpaired) electrons. The van der Waals surface area contributed by atoms with Gasteiger partial charge >= 0.3 is 5.69 Å². The molecule has 3 fully saturated rings. The third kappa shape index (κ3) is 4.31. The normalized spacial score (nSPS) is 21.9. The molecule has 0 saturated heterocycles. The van der Waals surface area contributed by atoms with Gasteiger partial charge in [-0.1, -0.05) is 23.2 Å². The van der Waals surface area contributed by atoms with E-state index in [1.54, 1.807) is 4.98 Å². The molecule has 11 nitrogen and oxygen atoms in total. The second-order valence-corrected chi connectivity index (χ2v) is 11.5. The highest BCUT2D eigenvalue weighted by atomic mass is 35.5. The molecule has 198 valence electrons. The summed E-state index contributed by atoms with van der Waals surface area (Å²) >= 11 is 12.5. The first-order chi connectivity index (χ1) is 17.8. The number of aromatic hydroxyl groups is 1. The molecule has 3 aromatic rings. The number of aromatic nitrogens is 3. The maximum absolute atomic E-state index is 13.1. The average molecular weight is 586 g/mol. The molecule has 3 N–H and O–H groups in total. The van der Waals surface area contributed by atoms with Gasteiger partial charge in [-0.3, -0.25) is 9.78 Å². The highest BCUT2D eigenvalue weighted by molar-refractivity contribution is 7.89. The van der Waals surface area contributed by atoms with Gasteiger partial charge in [-0.2, -0.15) is 9.78 Å². The van der Waals surface area contributed by atoms with Crippen molar-refractivity contribution < 1.29 is 27.0 Å². The van der Waals surface area contributed by atoms with E-state index in [0.717, 1.165) is 24.3 Å². The molecule has 3 aliphatic carbocycles. The molecule has 0 unspecified atom stereocenters. The van der Waals surface area contributed by atoms with Gasteiger partial charge < -0.3 is 14.7 Å². The van der Waals surface area contributed by atoms with E-state index in [2.05, 4.69) is 14.7 Å². The Hall–Kier alpha value is -3.51. The Bertz CT molecular complexity index is 1730. The number of rotatable bonds is 7. The van der Waals surface area contributed by atoms with Crippen LogP contribution >= 0.6 is 23.2 Å². The lowest BCUT2D eigenvalue weighted by Crippen LogP contribution is -2.77. The highest BCUT2D eigenvalue weighted by Gasteiger charge is 2.75. The van der Waals surface area contributed by atoms with E-state index in [1.165, 1.54) is 6.07 Å². The average Bonchev–Trinajstić information content (AvgIpc) is 2.78. The van der Waals surface area contributed by atoms with Crippen molar-refractivity contribution >= 4 is 33.2 Å². The van der Waals surface area contributed by atoms with Crippen molar-refractivity contribution in [2.75, 3.05) is 0 Å². The van der Waals surface area contributed by atoms with Crippen molar-refractivity contribution in [3.8, 4) is 22.9 Å². The predicted molar refractivity (Wildman–Crippen MR) is 130 cm³/mol. The number of halogens is 4. The number of aromatic amines is 1. The largest absolute Gasteiger partial charge is 0.507 e. The minimum Gasteiger partial charge on any atom is -0.507 e. The summed E-state index contributed by atoms with van der Waals surface area (Å²) in [5, 5.41) is 13.2. The van der Waals surface area contributed by atoms with E-state index < -0.39 is 55.1 Å². The summed E-state index contributed by atoms with van der Waals surface area (Å²) in [4.78, 5) is 28.5. The standard InChI is InChI=1S/C22H15Cl2F2N5O6S/c1-27-21-7-22(8-21,9-21)30-38(35,36)15-6-11(2-3-14(15)32)37-17-12(23)4-10(5-13(17)24)31-20(34)28-19(33)16(29-31)18(25)26/h2-6,18,30,32H,7-9H2,(H,28,33,34). The molecule has 0 spiro atoms. The predicted octanol–water partition coefficient (Wildman–Crippen LogP) is 3.54. The summed E-state index contributed by atoms with van der Waals surface area (Å²) < 4.78 is 60.8. The summed E-state index contributed by atoms with van der Waals surface area (Å²) in [5.41, 5.74) is -5.03.